The van der Waals surface area contributed by atoms with Crippen LogP contribution in [0.25, 0.3) is 10.1 Å². The Kier molecular flexibility index (Phi) is 5.24. The van der Waals surface area contributed by atoms with Crippen molar-refractivity contribution in [2.24, 2.45) is 0 Å². The van der Waals surface area contributed by atoms with E-state index in [0.29, 0.717) is 37.1 Å². The van der Waals surface area contributed by atoms with Gasteiger partial charge in [0.2, 0.25) is 0 Å². The highest BCUT2D eigenvalue weighted by Gasteiger charge is 2.37. The first kappa shape index (κ1) is 20.2. The monoisotopic (exact) mass is 437 g/mol. The van der Waals surface area contributed by atoms with Gasteiger partial charge in [-0.3, -0.25) is 14.5 Å². The van der Waals surface area contributed by atoms with Gasteiger partial charge in [0, 0.05) is 55.6 Å². The standard InChI is InChI=1S/C24H24FN3O2S/c1-16-20-8-7-18(25)13-21(20)31-22(16)24(30)28-14-19(15-28)26-9-11-27(12-10-26)23(29)17-5-3-2-4-6-17/h2-8,13,19H,9-12,14-15H2,1H3. The van der Waals surface area contributed by atoms with Gasteiger partial charge in [-0.15, -0.1) is 11.3 Å². The predicted molar refractivity (Wildman–Crippen MR) is 120 cm³/mol. The average molecular weight is 438 g/mol. The van der Waals surface area contributed by atoms with Gasteiger partial charge < -0.3 is 9.80 Å². The molecule has 0 N–H and O–H groups in total. The summed E-state index contributed by atoms with van der Waals surface area (Å²) < 4.78 is 14.3. The van der Waals surface area contributed by atoms with Crippen molar-refractivity contribution in [3.8, 4) is 0 Å². The van der Waals surface area contributed by atoms with Gasteiger partial charge in [0.05, 0.1) is 4.88 Å². The molecule has 0 saturated carbocycles. The number of nitrogens with zero attached hydrogens (tertiary/aromatic N) is 3. The molecular formula is C24H24FN3O2S. The van der Waals surface area contributed by atoms with E-state index >= 15 is 0 Å². The molecule has 5 nitrogen and oxygen atoms in total. The summed E-state index contributed by atoms with van der Waals surface area (Å²) in [6.07, 6.45) is 0. The molecule has 0 radical (unpaired) electrons. The van der Waals surface area contributed by atoms with Crippen molar-refractivity contribution in [1.82, 2.24) is 14.7 Å². The first-order chi connectivity index (χ1) is 15.0. The van der Waals surface area contributed by atoms with Crippen LogP contribution in [0, 0.1) is 12.7 Å². The molecule has 3 aromatic rings. The number of piperazine rings is 1. The van der Waals surface area contributed by atoms with Gasteiger partial charge >= 0.3 is 0 Å². The first-order valence-corrected chi connectivity index (χ1v) is 11.4. The van der Waals surface area contributed by atoms with Gasteiger partial charge in [-0.25, -0.2) is 4.39 Å². The Morgan fingerprint density at radius 2 is 1.65 bits per heavy atom. The van der Waals surface area contributed by atoms with Crippen molar-refractivity contribution < 1.29 is 14.0 Å². The first-order valence-electron chi connectivity index (χ1n) is 10.6. The molecule has 0 bridgehead atoms. The molecule has 2 aromatic carbocycles. The zero-order chi connectivity index (χ0) is 21.5. The third kappa shape index (κ3) is 3.72. The van der Waals surface area contributed by atoms with Crippen LogP contribution in [-0.2, 0) is 0 Å². The molecular weight excluding hydrogens is 413 g/mol. The van der Waals surface area contributed by atoms with Gasteiger partial charge in [-0.1, -0.05) is 24.3 Å². The largest absolute Gasteiger partial charge is 0.336 e. The number of carbonyl (C=O) groups excluding carboxylic acids is 2. The number of amides is 2. The summed E-state index contributed by atoms with van der Waals surface area (Å²) in [6, 6.07) is 14.4. The van der Waals surface area contributed by atoms with Crippen molar-refractivity contribution in [3.63, 3.8) is 0 Å². The fourth-order valence-electron chi connectivity index (χ4n) is 4.45. The fourth-order valence-corrected chi connectivity index (χ4v) is 5.65. The molecule has 0 unspecified atom stereocenters. The second-order valence-corrected chi connectivity index (χ2v) is 9.31. The number of thiophene rings is 1. The number of rotatable bonds is 3. The molecule has 2 amide bonds. The third-order valence-corrected chi connectivity index (χ3v) is 7.63. The summed E-state index contributed by atoms with van der Waals surface area (Å²) in [5.41, 5.74) is 1.66. The molecule has 3 heterocycles. The number of hydrogen-bond donors (Lipinski definition) is 0. The number of likely N-dealkylation sites (tertiary alicyclic amines) is 1. The number of fused-ring (bicyclic) bond motifs is 1. The molecule has 160 valence electrons. The maximum atomic E-state index is 13.5. The van der Waals surface area contributed by atoms with Crippen LogP contribution in [0.4, 0.5) is 4.39 Å². The Hall–Kier alpha value is -2.77. The summed E-state index contributed by atoms with van der Waals surface area (Å²) in [5, 5.41) is 0.950. The second-order valence-electron chi connectivity index (χ2n) is 8.25. The Labute approximate surface area is 184 Å². The minimum atomic E-state index is -0.276. The van der Waals surface area contributed by atoms with Crippen LogP contribution in [-0.4, -0.2) is 71.8 Å². The van der Waals surface area contributed by atoms with Crippen LogP contribution in [0.2, 0.25) is 0 Å². The number of benzene rings is 2. The Bertz CT molecular complexity index is 1130. The lowest BCUT2D eigenvalue weighted by Gasteiger charge is -2.48. The highest BCUT2D eigenvalue weighted by atomic mass is 32.1. The molecule has 2 fully saturated rings. The highest BCUT2D eigenvalue weighted by Crippen LogP contribution is 2.33. The Morgan fingerprint density at radius 1 is 0.935 bits per heavy atom. The van der Waals surface area contributed by atoms with E-state index in [1.165, 1.54) is 23.5 Å². The minimum Gasteiger partial charge on any atom is -0.336 e. The quantitative estimate of drug-likeness (QED) is 0.629. The second kappa shape index (κ2) is 8.05. The molecule has 2 aliphatic rings. The number of halogens is 1. The van der Waals surface area contributed by atoms with Crippen LogP contribution in [0.1, 0.15) is 25.6 Å². The third-order valence-electron chi connectivity index (χ3n) is 6.38. The lowest BCUT2D eigenvalue weighted by atomic mass is 10.0. The summed E-state index contributed by atoms with van der Waals surface area (Å²) in [5.74, 6) is -0.155. The van der Waals surface area contributed by atoms with E-state index < -0.39 is 0 Å². The lowest BCUT2D eigenvalue weighted by Crippen LogP contribution is -2.64. The van der Waals surface area contributed by atoms with Crippen molar-refractivity contribution in [2.45, 2.75) is 13.0 Å². The van der Waals surface area contributed by atoms with E-state index in [0.717, 1.165) is 34.3 Å². The summed E-state index contributed by atoms with van der Waals surface area (Å²) in [7, 11) is 0. The molecule has 7 heteroatoms. The zero-order valence-electron chi connectivity index (χ0n) is 17.4. The van der Waals surface area contributed by atoms with Gasteiger partial charge in [0.25, 0.3) is 11.8 Å². The van der Waals surface area contributed by atoms with Crippen molar-refractivity contribution in [2.75, 3.05) is 39.3 Å². The molecule has 2 saturated heterocycles. The molecule has 1 aromatic heterocycles. The predicted octanol–water partition coefficient (Wildman–Crippen LogP) is 3.63. The summed E-state index contributed by atoms with van der Waals surface area (Å²) in [6.45, 7) is 6.41. The lowest BCUT2D eigenvalue weighted by molar-refractivity contribution is 0.00877. The van der Waals surface area contributed by atoms with E-state index in [1.807, 2.05) is 47.1 Å². The van der Waals surface area contributed by atoms with Gasteiger partial charge in [0.15, 0.2) is 0 Å². The fraction of sp³-hybridized carbons (Fsp3) is 0.333. The molecule has 0 atom stereocenters. The minimum absolute atomic E-state index is 0.0354. The van der Waals surface area contributed by atoms with E-state index in [2.05, 4.69) is 4.90 Å². The van der Waals surface area contributed by atoms with E-state index in [-0.39, 0.29) is 17.6 Å². The normalized spacial score (nSPS) is 17.7. The van der Waals surface area contributed by atoms with Crippen molar-refractivity contribution in [1.29, 1.82) is 0 Å². The van der Waals surface area contributed by atoms with Gasteiger partial charge in [-0.2, -0.15) is 0 Å². The topological polar surface area (TPSA) is 43.9 Å². The highest BCUT2D eigenvalue weighted by molar-refractivity contribution is 7.21. The van der Waals surface area contributed by atoms with Crippen LogP contribution in [0.15, 0.2) is 48.5 Å². The molecule has 0 aliphatic carbocycles. The van der Waals surface area contributed by atoms with Crippen LogP contribution in [0.5, 0.6) is 0 Å². The van der Waals surface area contributed by atoms with Crippen LogP contribution < -0.4 is 0 Å². The van der Waals surface area contributed by atoms with E-state index in [9.17, 15) is 14.0 Å². The zero-order valence-corrected chi connectivity index (χ0v) is 18.2. The number of carbonyl (C=O) groups is 2. The summed E-state index contributed by atoms with van der Waals surface area (Å²) in [4.78, 5) is 32.5. The average Bonchev–Trinajstić information content (AvgIpc) is 3.09. The van der Waals surface area contributed by atoms with E-state index in [1.54, 1.807) is 6.07 Å². The smallest absolute Gasteiger partial charge is 0.264 e. The maximum absolute atomic E-state index is 13.5. The SMILES string of the molecule is Cc1c(C(=O)N2CC(N3CCN(C(=O)c4ccccc4)CC3)C2)sc2cc(F)ccc12. The maximum Gasteiger partial charge on any atom is 0.264 e. The molecule has 31 heavy (non-hydrogen) atoms. The van der Waals surface area contributed by atoms with Gasteiger partial charge in [-0.05, 0) is 42.1 Å². The number of aryl methyl sites for hydroxylation is 1. The van der Waals surface area contributed by atoms with Crippen LogP contribution in [0.3, 0.4) is 0 Å². The Balaban J connectivity index is 1.17. The van der Waals surface area contributed by atoms with Crippen LogP contribution >= 0.6 is 11.3 Å². The van der Waals surface area contributed by atoms with Gasteiger partial charge in [0.1, 0.15) is 5.82 Å². The van der Waals surface area contributed by atoms with Crippen molar-refractivity contribution >= 4 is 33.2 Å². The molecule has 5 rings (SSSR count). The number of hydrogen-bond acceptors (Lipinski definition) is 4. The summed E-state index contributed by atoms with van der Waals surface area (Å²) >= 11 is 1.37. The Morgan fingerprint density at radius 3 is 2.35 bits per heavy atom. The van der Waals surface area contributed by atoms with E-state index in [4.69, 9.17) is 0 Å². The molecule has 0 spiro atoms. The van der Waals surface area contributed by atoms with Crippen molar-refractivity contribution in [3.05, 3.63) is 70.4 Å². The molecule has 2 aliphatic heterocycles.